The van der Waals surface area contributed by atoms with Crippen molar-refractivity contribution in [1.82, 2.24) is 4.31 Å². The molecule has 1 aromatic carbocycles. The Bertz CT molecular complexity index is 438. The summed E-state index contributed by atoms with van der Waals surface area (Å²) in [6.45, 7) is 1.67. The van der Waals surface area contributed by atoms with Gasteiger partial charge in [0.1, 0.15) is 6.79 Å². The summed E-state index contributed by atoms with van der Waals surface area (Å²) >= 11 is 0. The summed E-state index contributed by atoms with van der Waals surface area (Å²) in [6.07, 6.45) is 0. The van der Waals surface area contributed by atoms with E-state index in [9.17, 15) is 8.42 Å². The van der Waals surface area contributed by atoms with Crippen molar-refractivity contribution in [2.75, 3.05) is 33.1 Å². The predicted molar refractivity (Wildman–Crippen MR) is 62.0 cm³/mol. The third-order valence-electron chi connectivity index (χ3n) is 2.52. The van der Waals surface area contributed by atoms with E-state index in [0.717, 1.165) is 0 Å². The van der Waals surface area contributed by atoms with E-state index in [1.54, 1.807) is 30.3 Å². The first-order valence-corrected chi connectivity index (χ1v) is 6.86. The Morgan fingerprint density at radius 1 is 1.00 bits per heavy atom. The molecule has 1 saturated heterocycles. The molecule has 1 fully saturated rings. The SMILES string of the molecule is O=S(=O)(c1ccccc1)N1CCOCOCC1. The zero-order valence-electron chi connectivity index (χ0n) is 9.41. The van der Waals surface area contributed by atoms with E-state index in [1.807, 2.05) is 0 Å². The molecule has 0 radical (unpaired) electrons. The fourth-order valence-electron chi connectivity index (χ4n) is 1.60. The minimum Gasteiger partial charge on any atom is -0.354 e. The lowest BCUT2D eigenvalue weighted by Crippen LogP contribution is -2.38. The lowest BCUT2D eigenvalue weighted by atomic mass is 10.4. The smallest absolute Gasteiger partial charge is 0.243 e. The number of hydrogen-bond donors (Lipinski definition) is 0. The van der Waals surface area contributed by atoms with E-state index in [2.05, 4.69) is 0 Å². The molecule has 2 rings (SSSR count). The van der Waals surface area contributed by atoms with Gasteiger partial charge in [0.2, 0.25) is 10.0 Å². The highest BCUT2D eigenvalue weighted by atomic mass is 32.2. The zero-order chi connectivity index (χ0) is 12.1. The first-order chi connectivity index (χ1) is 8.21. The molecule has 0 bridgehead atoms. The second-order valence-corrected chi connectivity index (χ2v) is 5.59. The van der Waals surface area contributed by atoms with Crippen LogP contribution in [0.2, 0.25) is 0 Å². The lowest BCUT2D eigenvalue weighted by molar-refractivity contribution is -0.0710. The highest BCUT2D eigenvalue weighted by molar-refractivity contribution is 7.89. The predicted octanol–water partition coefficient (Wildman–Crippen LogP) is 0.682. The number of benzene rings is 1. The number of sulfonamides is 1. The van der Waals surface area contributed by atoms with Crippen LogP contribution < -0.4 is 0 Å². The molecule has 0 N–H and O–H groups in total. The van der Waals surface area contributed by atoms with Gasteiger partial charge in [0, 0.05) is 13.1 Å². The van der Waals surface area contributed by atoms with E-state index in [0.29, 0.717) is 31.2 Å². The molecule has 94 valence electrons. The highest BCUT2D eigenvalue weighted by Crippen LogP contribution is 2.15. The number of nitrogens with zero attached hydrogens (tertiary/aromatic N) is 1. The van der Waals surface area contributed by atoms with E-state index in [-0.39, 0.29) is 6.79 Å². The van der Waals surface area contributed by atoms with Crippen LogP contribution >= 0.6 is 0 Å². The van der Waals surface area contributed by atoms with E-state index >= 15 is 0 Å². The largest absolute Gasteiger partial charge is 0.354 e. The summed E-state index contributed by atoms with van der Waals surface area (Å²) in [5, 5.41) is 0. The van der Waals surface area contributed by atoms with Gasteiger partial charge in [-0.3, -0.25) is 0 Å². The molecule has 0 aromatic heterocycles. The lowest BCUT2D eigenvalue weighted by Gasteiger charge is -2.24. The maximum atomic E-state index is 12.3. The van der Waals surface area contributed by atoms with Crippen molar-refractivity contribution >= 4 is 10.0 Å². The number of rotatable bonds is 2. The van der Waals surface area contributed by atoms with Gasteiger partial charge in [-0.05, 0) is 12.1 Å². The Morgan fingerprint density at radius 3 is 2.18 bits per heavy atom. The molecule has 1 aromatic rings. The van der Waals surface area contributed by atoms with Gasteiger partial charge in [0.05, 0.1) is 18.1 Å². The molecule has 6 heteroatoms. The molecule has 0 amide bonds. The minimum absolute atomic E-state index is 0.235. The molecule has 0 saturated carbocycles. The Morgan fingerprint density at radius 2 is 1.59 bits per heavy atom. The second kappa shape index (κ2) is 5.59. The molecule has 0 spiro atoms. The molecule has 0 aliphatic carbocycles. The van der Waals surface area contributed by atoms with Crippen molar-refractivity contribution < 1.29 is 17.9 Å². The van der Waals surface area contributed by atoms with Crippen LogP contribution in [0.25, 0.3) is 0 Å². The normalized spacial score (nSPS) is 19.5. The van der Waals surface area contributed by atoms with Crippen LogP contribution in [0.4, 0.5) is 0 Å². The Kier molecular flexibility index (Phi) is 4.11. The summed E-state index contributed by atoms with van der Waals surface area (Å²) < 4.78 is 36.1. The van der Waals surface area contributed by atoms with Gasteiger partial charge in [-0.15, -0.1) is 0 Å². The molecule has 1 aliphatic rings. The standard InChI is InChI=1S/C11H15NO4S/c13-17(14,11-4-2-1-3-5-11)12-6-8-15-10-16-9-7-12/h1-5H,6-10H2. The summed E-state index contributed by atoms with van der Waals surface area (Å²) in [6, 6.07) is 8.40. The van der Waals surface area contributed by atoms with Crippen LogP contribution in [0.5, 0.6) is 0 Å². The van der Waals surface area contributed by atoms with Crippen molar-refractivity contribution in [3.8, 4) is 0 Å². The van der Waals surface area contributed by atoms with Crippen molar-refractivity contribution in [3.63, 3.8) is 0 Å². The molecule has 0 unspecified atom stereocenters. The van der Waals surface area contributed by atoms with Crippen LogP contribution in [0.3, 0.4) is 0 Å². The van der Waals surface area contributed by atoms with Gasteiger partial charge in [0.25, 0.3) is 0 Å². The molecule has 5 nitrogen and oxygen atoms in total. The maximum Gasteiger partial charge on any atom is 0.243 e. The number of hydrogen-bond acceptors (Lipinski definition) is 4. The van der Waals surface area contributed by atoms with Gasteiger partial charge >= 0.3 is 0 Å². The molecular formula is C11H15NO4S. The quantitative estimate of drug-likeness (QED) is 0.782. The van der Waals surface area contributed by atoms with Crippen LogP contribution in [-0.2, 0) is 19.5 Å². The average Bonchev–Trinajstić information content (AvgIpc) is 2.29. The van der Waals surface area contributed by atoms with Gasteiger partial charge in [-0.1, -0.05) is 18.2 Å². The topological polar surface area (TPSA) is 55.8 Å². The van der Waals surface area contributed by atoms with Crippen LogP contribution in [0, 0.1) is 0 Å². The monoisotopic (exact) mass is 257 g/mol. The van der Waals surface area contributed by atoms with Crippen LogP contribution in [0.15, 0.2) is 35.2 Å². The molecular weight excluding hydrogens is 242 g/mol. The zero-order valence-corrected chi connectivity index (χ0v) is 10.2. The first-order valence-electron chi connectivity index (χ1n) is 5.42. The first kappa shape index (κ1) is 12.5. The van der Waals surface area contributed by atoms with Crippen LogP contribution in [-0.4, -0.2) is 45.8 Å². The Hall–Kier alpha value is -0.950. The highest BCUT2D eigenvalue weighted by Gasteiger charge is 2.24. The van der Waals surface area contributed by atoms with Crippen molar-refractivity contribution in [2.45, 2.75) is 4.90 Å². The maximum absolute atomic E-state index is 12.3. The third kappa shape index (κ3) is 3.04. The average molecular weight is 257 g/mol. The van der Waals surface area contributed by atoms with E-state index in [4.69, 9.17) is 9.47 Å². The molecule has 17 heavy (non-hydrogen) atoms. The summed E-state index contributed by atoms with van der Waals surface area (Å²) in [7, 11) is -3.43. The minimum atomic E-state index is -3.43. The van der Waals surface area contributed by atoms with Gasteiger partial charge in [-0.25, -0.2) is 8.42 Å². The fraction of sp³-hybridized carbons (Fsp3) is 0.455. The van der Waals surface area contributed by atoms with E-state index in [1.165, 1.54) is 4.31 Å². The summed E-state index contributed by atoms with van der Waals surface area (Å²) in [5.41, 5.74) is 0. The summed E-state index contributed by atoms with van der Waals surface area (Å²) in [5.74, 6) is 0. The second-order valence-electron chi connectivity index (χ2n) is 3.65. The van der Waals surface area contributed by atoms with Crippen molar-refractivity contribution in [2.24, 2.45) is 0 Å². The van der Waals surface area contributed by atoms with Crippen LogP contribution in [0.1, 0.15) is 0 Å². The number of ether oxygens (including phenoxy) is 2. The molecule has 0 atom stereocenters. The third-order valence-corrected chi connectivity index (χ3v) is 4.43. The van der Waals surface area contributed by atoms with E-state index < -0.39 is 10.0 Å². The summed E-state index contributed by atoms with van der Waals surface area (Å²) in [4.78, 5) is 0.306. The Balaban J connectivity index is 2.19. The van der Waals surface area contributed by atoms with Crippen molar-refractivity contribution in [1.29, 1.82) is 0 Å². The fourth-order valence-corrected chi connectivity index (χ4v) is 3.03. The Labute approximate surface area is 101 Å². The van der Waals surface area contributed by atoms with Gasteiger partial charge < -0.3 is 9.47 Å². The van der Waals surface area contributed by atoms with Gasteiger partial charge in [-0.2, -0.15) is 4.31 Å². The molecule has 1 aliphatic heterocycles. The van der Waals surface area contributed by atoms with Gasteiger partial charge in [0.15, 0.2) is 0 Å². The molecule has 1 heterocycles. The van der Waals surface area contributed by atoms with Crippen molar-refractivity contribution in [3.05, 3.63) is 30.3 Å².